The van der Waals surface area contributed by atoms with Crippen molar-refractivity contribution in [2.75, 3.05) is 20.2 Å². The van der Waals surface area contributed by atoms with Crippen LogP contribution in [0, 0.1) is 0 Å². The monoisotopic (exact) mass is 448 g/mol. The van der Waals surface area contributed by atoms with Crippen LogP contribution in [0.1, 0.15) is 24.8 Å². The highest BCUT2D eigenvalue weighted by atomic mass is 35.5. The van der Waals surface area contributed by atoms with Gasteiger partial charge < -0.3 is 10.1 Å². The van der Waals surface area contributed by atoms with Crippen molar-refractivity contribution in [3.05, 3.63) is 65.2 Å². The number of benzene rings is 2. The maximum atomic E-state index is 13.4. The smallest absolute Gasteiger partial charge is 0.244 e. The van der Waals surface area contributed by atoms with Crippen molar-refractivity contribution in [3.63, 3.8) is 0 Å². The first-order valence-corrected chi connectivity index (χ1v) is 11.6. The maximum absolute atomic E-state index is 13.4. The first kappa shape index (κ1) is 22.3. The highest BCUT2D eigenvalue weighted by Gasteiger charge is 2.35. The third-order valence-corrected chi connectivity index (χ3v) is 7.13. The largest absolute Gasteiger partial charge is 0.497 e. The van der Waals surface area contributed by atoms with E-state index in [1.165, 1.54) is 28.6 Å². The molecule has 0 aliphatic carbocycles. The second kappa shape index (κ2) is 10.1. The van der Waals surface area contributed by atoms with Gasteiger partial charge in [0, 0.05) is 18.1 Å². The van der Waals surface area contributed by atoms with Gasteiger partial charge in [-0.15, -0.1) is 0 Å². The first-order chi connectivity index (χ1) is 14.4. The van der Waals surface area contributed by atoms with Crippen LogP contribution < -0.4 is 10.1 Å². The zero-order valence-electron chi connectivity index (χ0n) is 16.8. The molecular formula is C22H25ClN2O4S. The molecule has 30 heavy (non-hydrogen) atoms. The van der Waals surface area contributed by atoms with Crippen LogP contribution in [0.3, 0.4) is 0 Å². The van der Waals surface area contributed by atoms with E-state index in [0.717, 1.165) is 24.2 Å². The predicted octanol–water partition coefficient (Wildman–Crippen LogP) is 3.72. The van der Waals surface area contributed by atoms with Crippen LogP contribution in [0.25, 0.3) is 6.08 Å². The average Bonchev–Trinajstić information content (AvgIpc) is 2.96. The van der Waals surface area contributed by atoms with Crippen molar-refractivity contribution in [2.45, 2.75) is 30.2 Å². The van der Waals surface area contributed by atoms with Gasteiger partial charge in [-0.3, -0.25) is 4.79 Å². The lowest BCUT2D eigenvalue weighted by Crippen LogP contribution is -2.48. The van der Waals surface area contributed by atoms with Crippen LogP contribution in [0.5, 0.6) is 5.75 Å². The minimum atomic E-state index is -3.89. The molecule has 1 unspecified atom stereocenters. The second-order valence-electron chi connectivity index (χ2n) is 7.01. The molecule has 0 radical (unpaired) electrons. The summed E-state index contributed by atoms with van der Waals surface area (Å²) >= 11 is 5.92. The molecule has 8 heteroatoms. The zero-order valence-corrected chi connectivity index (χ0v) is 18.3. The Morgan fingerprint density at radius 2 is 1.83 bits per heavy atom. The van der Waals surface area contributed by atoms with E-state index in [2.05, 4.69) is 5.32 Å². The van der Waals surface area contributed by atoms with Gasteiger partial charge in [-0.1, -0.05) is 35.9 Å². The number of halogens is 1. The van der Waals surface area contributed by atoms with E-state index in [-0.39, 0.29) is 17.3 Å². The van der Waals surface area contributed by atoms with Gasteiger partial charge in [0.2, 0.25) is 15.9 Å². The van der Waals surface area contributed by atoms with Crippen molar-refractivity contribution in [2.24, 2.45) is 0 Å². The fourth-order valence-electron chi connectivity index (χ4n) is 3.34. The molecule has 0 saturated carbocycles. The summed E-state index contributed by atoms with van der Waals surface area (Å²) in [5.74, 6) is 0.483. The number of hydrogen-bond donors (Lipinski definition) is 1. The molecule has 1 fully saturated rings. The van der Waals surface area contributed by atoms with Gasteiger partial charge in [0.25, 0.3) is 0 Å². The van der Waals surface area contributed by atoms with Crippen molar-refractivity contribution >= 4 is 33.6 Å². The van der Waals surface area contributed by atoms with Crippen molar-refractivity contribution in [1.29, 1.82) is 0 Å². The molecular weight excluding hydrogens is 424 g/mol. The Bertz CT molecular complexity index is 989. The fourth-order valence-corrected chi connectivity index (χ4v) is 5.04. The average molecular weight is 449 g/mol. The standard InChI is InChI=1S/C22H25ClN2O4S/c1-29-19-11-7-17(8-12-19)5-4-16-25(21-6-2-3-15-24-22(21)26)30(27,28)20-13-9-18(23)10-14-20/h4-5,7-14,21H,2-3,6,15-16H2,1H3,(H,24,26). The summed E-state index contributed by atoms with van der Waals surface area (Å²) in [6.45, 7) is 0.640. The van der Waals surface area contributed by atoms with Gasteiger partial charge in [-0.2, -0.15) is 4.31 Å². The number of carbonyl (C=O) groups is 1. The van der Waals surface area contributed by atoms with E-state index in [1.807, 2.05) is 30.3 Å². The Labute approximate surface area is 182 Å². The van der Waals surface area contributed by atoms with Gasteiger partial charge in [0.15, 0.2) is 0 Å². The predicted molar refractivity (Wildman–Crippen MR) is 118 cm³/mol. The van der Waals surface area contributed by atoms with Gasteiger partial charge in [-0.05, 0) is 61.2 Å². The van der Waals surface area contributed by atoms with Crippen molar-refractivity contribution < 1.29 is 17.9 Å². The third-order valence-electron chi connectivity index (χ3n) is 4.99. The molecule has 1 heterocycles. The SMILES string of the molecule is COc1ccc(C=CCN(C2CCCCNC2=O)S(=O)(=O)c2ccc(Cl)cc2)cc1. The number of amides is 1. The normalized spacial score (nSPS) is 17.7. The molecule has 1 N–H and O–H groups in total. The molecule has 1 aliphatic rings. The van der Waals surface area contributed by atoms with E-state index in [9.17, 15) is 13.2 Å². The summed E-state index contributed by atoms with van der Waals surface area (Å²) in [4.78, 5) is 12.7. The number of nitrogens with one attached hydrogen (secondary N) is 1. The van der Waals surface area contributed by atoms with E-state index >= 15 is 0 Å². The molecule has 0 aromatic heterocycles. The molecule has 2 aromatic carbocycles. The summed E-state index contributed by atoms with van der Waals surface area (Å²) in [5, 5.41) is 3.28. The van der Waals surface area contributed by atoms with Gasteiger partial charge >= 0.3 is 0 Å². The number of nitrogens with zero attached hydrogens (tertiary/aromatic N) is 1. The van der Waals surface area contributed by atoms with Gasteiger partial charge in [0.1, 0.15) is 11.8 Å². The molecule has 0 spiro atoms. The third kappa shape index (κ3) is 5.41. The quantitative estimate of drug-likeness (QED) is 0.700. The van der Waals surface area contributed by atoms with Crippen LogP contribution in [-0.4, -0.2) is 44.9 Å². The molecule has 1 saturated heterocycles. The number of rotatable bonds is 7. The number of hydrogen-bond acceptors (Lipinski definition) is 4. The molecule has 0 bridgehead atoms. The van der Waals surface area contributed by atoms with Crippen molar-refractivity contribution in [1.82, 2.24) is 9.62 Å². The molecule has 6 nitrogen and oxygen atoms in total. The fraction of sp³-hybridized carbons (Fsp3) is 0.318. The number of carbonyl (C=O) groups excluding carboxylic acids is 1. The van der Waals surface area contributed by atoms with Crippen LogP contribution in [0.2, 0.25) is 5.02 Å². The van der Waals surface area contributed by atoms with Gasteiger partial charge in [-0.25, -0.2) is 8.42 Å². The summed E-state index contributed by atoms with van der Waals surface area (Å²) in [5.41, 5.74) is 0.907. The van der Waals surface area contributed by atoms with E-state index < -0.39 is 16.1 Å². The highest BCUT2D eigenvalue weighted by Crippen LogP contribution is 2.24. The molecule has 3 rings (SSSR count). The van der Waals surface area contributed by atoms with E-state index in [1.54, 1.807) is 13.2 Å². The van der Waals surface area contributed by atoms with Crippen LogP contribution in [-0.2, 0) is 14.8 Å². The zero-order chi connectivity index (χ0) is 21.6. The topological polar surface area (TPSA) is 75.7 Å². The maximum Gasteiger partial charge on any atom is 0.244 e. The summed E-state index contributed by atoms with van der Waals surface area (Å²) in [6.07, 6.45) is 5.68. The Kier molecular flexibility index (Phi) is 7.53. The lowest BCUT2D eigenvalue weighted by atomic mass is 10.1. The van der Waals surface area contributed by atoms with E-state index in [4.69, 9.17) is 16.3 Å². The van der Waals surface area contributed by atoms with E-state index in [0.29, 0.717) is 18.0 Å². The summed E-state index contributed by atoms with van der Waals surface area (Å²) in [6, 6.07) is 12.7. The highest BCUT2D eigenvalue weighted by molar-refractivity contribution is 7.89. The molecule has 160 valence electrons. The minimum Gasteiger partial charge on any atom is -0.497 e. The molecule has 1 aliphatic heterocycles. The molecule has 1 atom stereocenters. The van der Waals surface area contributed by atoms with Crippen molar-refractivity contribution in [3.8, 4) is 5.75 Å². The second-order valence-corrected chi connectivity index (χ2v) is 9.33. The van der Waals surface area contributed by atoms with Crippen LogP contribution in [0.4, 0.5) is 0 Å². The molecule has 2 aromatic rings. The summed E-state index contributed by atoms with van der Waals surface area (Å²) in [7, 11) is -2.29. The number of ether oxygens (including phenoxy) is 1. The summed E-state index contributed by atoms with van der Waals surface area (Å²) < 4.78 is 33.2. The first-order valence-electron chi connectivity index (χ1n) is 9.77. The van der Waals surface area contributed by atoms with Crippen LogP contribution in [0.15, 0.2) is 59.5 Å². The lowest BCUT2D eigenvalue weighted by molar-refractivity contribution is -0.124. The lowest BCUT2D eigenvalue weighted by Gasteiger charge is -2.28. The number of methoxy groups -OCH3 is 1. The Morgan fingerprint density at radius 3 is 2.50 bits per heavy atom. The molecule has 1 amide bonds. The van der Waals surface area contributed by atoms with Crippen LogP contribution >= 0.6 is 11.6 Å². The minimum absolute atomic E-state index is 0.0784. The van der Waals surface area contributed by atoms with Gasteiger partial charge in [0.05, 0.1) is 12.0 Å². The Morgan fingerprint density at radius 1 is 1.13 bits per heavy atom. The Hall–Kier alpha value is -2.35. The Balaban J connectivity index is 1.89. The number of sulfonamides is 1.